The van der Waals surface area contributed by atoms with Crippen LogP contribution in [0.2, 0.25) is 0 Å². The average Bonchev–Trinajstić information content (AvgIpc) is 1.69. The summed E-state index contributed by atoms with van der Waals surface area (Å²) >= 11 is 0. The summed E-state index contributed by atoms with van der Waals surface area (Å²) in [5, 5.41) is 8.63. The van der Waals surface area contributed by atoms with Crippen LogP contribution in [0.3, 0.4) is 0 Å². The standard InChI is InChI=1S/C6H6O.CH4.Ba.2H/c7-6-4-2-1-3-5-6;;;;/h1-5,7H;1H4;;;. The van der Waals surface area contributed by atoms with Crippen LogP contribution in [0.5, 0.6) is 5.75 Å². The van der Waals surface area contributed by atoms with Gasteiger partial charge in [0.05, 0.1) is 0 Å². The van der Waals surface area contributed by atoms with Gasteiger partial charge in [0.2, 0.25) is 0 Å². The molecule has 1 rings (SSSR count). The average molecular weight is 249 g/mol. The van der Waals surface area contributed by atoms with Crippen molar-refractivity contribution in [1.29, 1.82) is 0 Å². The summed E-state index contributed by atoms with van der Waals surface area (Å²) in [5.74, 6) is 0.322. The first-order chi connectivity index (χ1) is 3.39. The van der Waals surface area contributed by atoms with E-state index < -0.39 is 0 Å². The number of hydrogen-bond donors (Lipinski definition) is 1. The summed E-state index contributed by atoms with van der Waals surface area (Å²) in [6, 6.07) is 8.71. The summed E-state index contributed by atoms with van der Waals surface area (Å²) < 4.78 is 0. The summed E-state index contributed by atoms with van der Waals surface area (Å²) in [5.41, 5.74) is 0. The SMILES string of the molecule is C.Oc1ccccc1.[BaH2]. The summed E-state index contributed by atoms with van der Waals surface area (Å²) in [7, 11) is 0. The molecule has 0 amide bonds. The first-order valence-electron chi connectivity index (χ1n) is 2.13. The van der Waals surface area contributed by atoms with Crippen molar-refractivity contribution in [2.45, 2.75) is 7.43 Å². The molecular formula is C7H12BaO. The van der Waals surface area contributed by atoms with Crippen molar-refractivity contribution in [2.75, 3.05) is 0 Å². The molecule has 1 nitrogen and oxygen atoms in total. The molecule has 48 valence electrons. The Balaban J connectivity index is 0. The Labute approximate surface area is 96.2 Å². The van der Waals surface area contributed by atoms with Crippen molar-refractivity contribution in [3.05, 3.63) is 30.3 Å². The number of phenolic OH excluding ortho intramolecular Hbond substituents is 1. The van der Waals surface area contributed by atoms with E-state index in [9.17, 15) is 0 Å². The fraction of sp³-hybridized carbons (Fsp3) is 0.143. The minimum absolute atomic E-state index is 0. The molecular weight excluding hydrogens is 237 g/mol. The second-order valence-corrected chi connectivity index (χ2v) is 1.34. The number of aromatic hydroxyl groups is 1. The van der Waals surface area contributed by atoms with Gasteiger partial charge in [-0.15, -0.1) is 0 Å². The van der Waals surface area contributed by atoms with Gasteiger partial charge in [-0.3, -0.25) is 0 Å². The van der Waals surface area contributed by atoms with Gasteiger partial charge < -0.3 is 5.11 Å². The van der Waals surface area contributed by atoms with E-state index in [1.54, 1.807) is 24.3 Å². The van der Waals surface area contributed by atoms with Crippen molar-refractivity contribution in [1.82, 2.24) is 0 Å². The summed E-state index contributed by atoms with van der Waals surface area (Å²) in [4.78, 5) is 0. The Kier molecular flexibility index (Phi) is 9.16. The van der Waals surface area contributed by atoms with Gasteiger partial charge in [0.25, 0.3) is 0 Å². The number of rotatable bonds is 0. The molecule has 0 fully saturated rings. The second-order valence-electron chi connectivity index (χ2n) is 1.34. The second kappa shape index (κ2) is 6.71. The normalized spacial score (nSPS) is 6.67. The van der Waals surface area contributed by atoms with E-state index in [0.717, 1.165) is 0 Å². The first-order valence-corrected chi connectivity index (χ1v) is 2.13. The van der Waals surface area contributed by atoms with Crippen LogP contribution >= 0.6 is 0 Å². The van der Waals surface area contributed by atoms with Crippen LogP contribution in [0.1, 0.15) is 7.43 Å². The Morgan fingerprint density at radius 1 is 1.00 bits per heavy atom. The Morgan fingerprint density at radius 3 is 1.67 bits per heavy atom. The zero-order chi connectivity index (χ0) is 5.11. The molecule has 0 aliphatic rings. The van der Waals surface area contributed by atoms with E-state index in [0.29, 0.717) is 5.75 Å². The number of phenols is 1. The molecule has 1 aromatic carbocycles. The van der Waals surface area contributed by atoms with Crippen molar-refractivity contribution < 1.29 is 5.11 Å². The van der Waals surface area contributed by atoms with Crippen molar-refractivity contribution in [2.24, 2.45) is 0 Å². The minimum atomic E-state index is 0. The number of benzene rings is 1. The third-order valence-electron chi connectivity index (χ3n) is 0.756. The molecule has 9 heavy (non-hydrogen) atoms. The van der Waals surface area contributed by atoms with Crippen molar-refractivity contribution in [3.8, 4) is 5.75 Å². The van der Waals surface area contributed by atoms with Gasteiger partial charge in [-0.2, -0.15) is 0 Å². The quantitative estimate of drug-likeness (QED) is 0.683. The van der Waals surface area contributed by atoms with E-state index in [-0.39, 0.29) is 56.3 Å². The van der Waals surface area contributed by atoms with E-state index in [1.807, 2.05) is 6.07 Å². The third kappa shape index (κ3) is 5.06. The summed E-state index contributed by atoms with van der Waals surface area (Å²) in [6.45, 7) is 0. The number of hydrogen-bond acceptors (Lipinski definition) is 1. The molecule has 0 bridgehead atoms. The van der Waals surface area contributed by atoms with Crippen LogP contribution < -0.4 is 0 Å². The van der Waals surface area contributed by atoms with Crippen molar-refractivity contribution in [3.63, 3.8) is 0 Å². The predicted octanol–water partition coefficient (Wildman–Crippen LogP) is 1.11. The monoisotopic (exact) mass is 250 g/mol. The topological polar surface area (TPSA) is 20.2 Å². The van der Waals surface area contributed by atoms with E-state index >= 15 is 0 Å². The zero-order valence-electron chi connectivity index (χ0n) is 3.83. The van der Waals surface area contributed by atoms with Crippen LogP contribution in [0, 0.1) is 0 Å². The molecule has 0 saturated carbocycles. The van der Waals surface area contributed by atoms with Crippen LogP contribution in [0.15, 0.2) is 30.3 Å². The van der Waals surface area contributed by atoms with Gasteiger partial charge in [0.1, 0.15) is 5.75 Å². The summed E-state index contributed by atoms with van der Waals surface area (Å²) in [6.07, 6.45) is 0. The van der Waals surface area contributed by atoms with Crippen molar-refractivity contribution >= 4 is 48.9 Å². The maximum atomic E-state index is 8.63. The molecule has 0 unspecified atom stereocenters. The molecule has 0 atom stereocenters. The third-order valence-corrected chi connectivity index (χ3v) is 0.756. The predicted molar refractivity (Wildman–Crippen MR) is 43.4 cm³/mol. The molecule has 0 aliphatic carbocycles. The molecule has 0 aromatic heterocycles. The van der Waals surface area contributed by atoms with E-state index in [4.69, 9.17) is 5.11 Å². The molecule has 0 spiro atoms. The molecule has 2 heteroatoms. The molecule has 0 saturated heterocycles. The maximum absolute atomic E-state index is 8.63. The van der Waals surface area contributed by atoms with Gasteiger partial charge >= 0.3 is 48.9 Å². The molecule has 0 heterocycles. The van der Waals surface area contributed by atoms with Gasteiger partial charge in [0.15, 0.2) is 0 Å². The van der Waals surface area contributed by atoms with Gasteiger partial charge in [0, 0.05) is 0 Å². The van der Waals surface area contributed by atoms with Gasteiger partial charge in [-0.05, 0) is 12.1 Å². The van der Waals surface area contributed by atoms with Gasteiger partial charge in [-0.1, -0.05) is 25.6 Å². The molecule has 1 aromatic rings. The first kappa shape index (κ1) is 12.3. The van der Waals surface area contributed by atoms with E-state index in [2.05, 4.69) is 0 Å². The Hall–Kier alpha value is 0.591. The fourth-order valence-corrected chi connectivity index (χ4v) is 0.428. The molecule has 1 N–H and O–H groups in total. The zero-order valence-corrected chi connectivity index (χ0v) is 3.83. The molecule has 0 radical (unpaired) electrons. The number of para-hydroxylation sites is 1. The Bertz CT molecular complexity index is 139. The molecule has 0 aliphatic heterocycles. The van der Waals surface area contributed by atoms with Crippen LogP contribution in [0.4, 0.5) is 0 Å². The fourth-order valence-electron chi connectivity index (χ4n) is 0.428. The van der Waals surface area contributed by atoms with Crippen LogP contribution in [0.25, 0.3) is 0 Å². The van der Waals surface area contributed by atoms with Gasteiger partial charge in [-0.25, -0.2) is 0 Å². The van der Waals surface area contributed by atoms with E-state index in [1.165, 1.54) is 0 Å². The van der Waals surface area contributed by atoms with Crippen LogP contribution in [-0.2, 0) is 0 Å². The Morgan fingerprint density at radius 2 is 1.44 bits per heavy atom. The van der Waals surface area contributed by atoms with Crippen LogP contribution in [-0.4, -0.2) is 54.0 Å².